The number of hydrogen-bond donors (Lipinski definition) is 2. The monoisotopic (exact) mass is 439 g/mol. The van der Waals surface area contributed by atoms with Gasteiger partial charge in [0.2, 0.25) is 0 Å². The van der Waals surface area contributed by atoms with Crippen LogP contribution in [0.5, 0.6) is 0 Å². The molecule has 3 heterocycles. The summed E-state index contributed by atoms with van der Waals surface area (Å²) in [4.78, 5) is 9.97. The van der Waals surface area contributed by atoms with E-state index in [4.69, 9.17) is 14.1 Å². The minimum absolute atomic E-state index is 0.187. The van der Waals surface area contributed by atoms with Gasteiger partial charge in [-0.05, 0) is 50.6 Å². The highest BCUT2D eigenvalue weighted by Crippen LogP contribution is 2.26. The molecular weight excluding hydrogens is 402 g/mol. The number of ether oxygens (including phenoxy) is 1. The largest absolute Gasteiger partial charge is 0.468 e. The van der Waals surface area contributed by atoms with E-state index in [0.29, 0.717) is 6.54 Å². The Balaban J connectivity index is 1.45. The van der Waals surface area contributed by atoms with Gasteiger partial charge in [-0.1, -0.05) is 30.3 Å². The molecule has 0 aliphatic carbocycles. The maximum Gasteiger partial charge on any atom is 0.191 e. The maximum atomic E-state index is 5.77. The number of likely N-dealkylation sites (tertiary alicyclic amines) is 1. The Morgan fingerprint density at radius 1 is 0.938 bits per heavy atom. The predicted molar refractivity (Wildman–Crippen MR) is 128 cm³/mol. The van der Waals surface area contributed by atoms with Gasteiger partial charge >= 0.3 is 0 Å². The van der Waals surface area contributed by atoms with Crippen molar-refractivity contribution in [2.24, 2.45) is 4.99 Å². The first-order chi connectivity index (χ1) is 15.8. The van der Waals surface area contributed by atoms with E-state index in [0.717, 1.165) is 64.2 Å². The summed E-state index contributed by atoms with van der Waals surface area (Å²) in [6.45, 7) is 10.1. The number of guanidine groups is 1. The highest BCUT2D eigenvalue weighted by atomic mass is 16.5. The maximum absolute atomic E-state index is 5.77. The molecule has 2 N–H and O–H groups in total. The minimum Gasteiger partial charge on any atom is -0.468 e. The first kappa shape index (κ1) is 22.8. The summed E-state index contributed by atoms with van der Waals surface area (Å²) in [6, 6.07) is 15.2. The lowest BCUT2D eigenvalue weighted by Crippen LogP contribution is -2.46. The molecule has 0 radical (unpaired) electrons. The van der Waals surface area contributed by atoms with E-state index >= 15 is 0 Å². The van der Waals surface area contributed by atoms with Crippen LogP contribution in [0.25, 0.3) is 0 Å². The third kappa shape index (κ3) is 6.12. The van der Waals surface area contributed by atoms with Gasteiger partial charge in [-0.25, -0.2) is 0 Å². The van der Waals surface area contributed by atoms with E-state index in [1.165, 1.54) is 18.4 Å². The van der Waals surface area contributed by atoms with Gasteiger partial charge in [0.25, 0.3) is 0 Å². The van der Waals surface area contributed by atoms with Gasteiger partial charge in [0, 0.05) is 26.2 Å². The van der Waals surface area contributed by atoms with Gasteiger partial charge in [0.15, 0.2) is 5.96 Å². The molecule has 2 atom stereocenters. The quantitative estimate of drug-likeness (QED) is 0.463. The van der Waals surface area contributed by atoms with Gasteiger partial charge in [0.1, 0.15) is 5.76 Å². The third-order valence-corrected chi connectivity index (χ3v) is 6.35. The molecule has 2 aromatic rings. The zero-order valence-corrected chi connectivity index (χ0v) is 19.2. The molecule has 2 aliphatic heterocycles. The fourth-order valence-corrected chi connectivity index (χ4v) is 4.65. The Labute approximate surface area is 191 Å². The molecule has 4 rings (SSSR count). The van der Waals surface area contributed by atoms with Crippen molar-refractivity contribution >= 4 is 5.96 Å². The molecule has 2 fully saturated rings. The molecule has 2 saturated heterocycles. The van der Waals surface area contributed by atoms with Crippen molar-refractivity contribution in [2.75, 3.05) is 59.0 Å². The third-order valence-electron chi connectivity index (χ3n) is 6.35. The lowest BCUT2D eigenvalue weighted by atomic mass is 10.0. The van der Waals surface area contributed by atoms with Crippen LogP contribution in [0.3, 0.4) is 0 Å². The molecular formula is C25H37N5O2. The van der Waals surface area contributed by atoms with Crippen LogP contribution in [0, 0.1) is 0 Å². The van der Waals surface area contributed by atoms with Crippen molar-refractivity contribution in [3.63, 3.8) is 0 Å². The van der Waals surface area contributed by atoms with Crippen molar-refractivity contribution < 1.29 is 9.15 Å². The number of nitrogens with zero attached hydrogens (tertiary/aromatic N) is 3. The van der Waals surface area contributed by atoms with Crippen LogP contribution < -0.4 is 10.6 Å². The molecule has 0 saturated carbocycles. The van der Waals surface area contributed by atoms with Gasteiger partial charge in [-0.3, -0.25) is 14.8 Å². The van der Waals surface area contributed by atoms with E-state index in [1.54, 1.807) is 6.26 Å². The Bertz CT molecular complexity index is 799. The Morgan fingerprint density at radius 3 is 2.38 bits per heavy atom. The lowest BCUT2D eigenvalue weighted by Gasteiger charge is -2.35. The molecule has 1 aromatic carbocycles. The Morgan fingerprint density at radius 2 is 1.69 bits per heavy atom. The fourth-order valence-electron chi connectivity index (χ4n) is 4.65. The van der Waals surface area contributed by atoms with Crippen LogP contribution in [-0.2, 0) is 4.74 Å². The Kier molecular flexibility index (Phi) is 8.59. The van der Waals surface area contributed by atoms with Gasteiger partial charge in [0.05, 0.1) is 38.1 Å². The average Bonchev–Trinajstić information content (AvgIpc) is 3.56. The molecule has 0 spiro atoms. The molecule has 32 heavy (non-hydrogen) atoms. The summed E-state index contributed by atoms with van der Waals surface area (Å²) >= 11 is 0. The number of aliphatic imine (C=N–C) groups is 1. The van der Waals surface area contributed by atoms with E-state index < -0.39 is 0 Å². The highest BCUT2D eigenvalue weighted by Gasteiger charge is 2.26. The van der Waals surface area contributed by atoms with Crippen molar-refractivity contribution in [3.8, 4) is 0 Å². The summed E-state index contributed by atoms with van der Waals surface area (Å²) < 4.78 is 11.4. The predicted octanol–water partition coefficient (Wildman–Crippen LogP) is 3.05. The second-order valence-corrected chi connectivity index (χ2v) is 8.45. The van der Waals surface area contributed by atoms with Crippen LogP contribution in [-0.4, -0.2) is 74.8 Å². The molecule has 2 unspecified atom stereocenters. The first-order valence-electron chi connectivity index (χ1n) is 12.0. The summed E-state index contributed by atoms with van der Waals surface area (Å²) in [7, 11) is 0. The van der Waals surface area contributed by atoms with Crippen LogP contribution in [0.2, 0.25) is 0 Å². The summed E-state index contributed by atoms with van der Waals surface area (Å²) in [5, 5.41) is 7.05. The standard InChI is InChI=1S/C25H37N5O2/c1-2-26-25(28-20-23(24-11-8-16-32-24)29-12-6-7-13-29)27-19-22(21-9-4-3-5-10-21)30-14-17-31-18-15-30/h3-5,8-11,16,22-23H,2,6-7,12-15,17-20H2,1H3,(H2,26,27,28). The van der Waals surface area contributed by atoms with Gasteiger partial charge < -0.3 is 19.8 Å². The van der Waals surface area contributed by atoms with Crippen molar-refractivity contribution in [3.05, 3.63) is 60.1 Å². The molecule has 7 heteroatoms. The molecule has 7 nitrogen and oxygen atoms in total. The minimum atomic E-state index is 0.187. The lowest BCUT2D eigenvalue weighted by molar-refractivity contribution is 0.0170. The van der Waals surface area contributed by atoms with E-state index in [-0.39, 0.29) is 12.1 Å². The van der Waals surface area contributed by atoms with E-state index in [9.17, 15) is 0 Å². The van der Waals surface area contributed by atoms with Crippen LogP contribution in [0.15, 0.2) is 58.1 Å². The summed E-state index contributed by atoms with van der Waals surface area (Å²) in [5.74, 6) is 1.86. The van der Waals surface area contributed by atoms with Gasteiger partial charge in [-0.2, -0.15) is 0 Å². The van der Waals surface area contributed by atoms with Crippen LogP contribution in [0.1, 0.15) is 43.2 Å². The second-order valence-electron chi connectivity index (χ2n) is 8.45. The zero-order valence-electron chi connectivity index (χ0n) is 19.2. The number of hydrogen-bond acceptors (Lipinski definition) is 5. The topological polar surface area (TPSA) is 65.3 Å². The van der Waals surface area contributed by atoms with E-state index in [1.807, 2.05) is 6.07 Å². The molecule has 0 amide bonds. The summed E-state index contributed by atoms with van der Waals surface area (Å²) in [5.41, 5.74) is 1.32. The number of nitrogens with one attached hydrogen (secondary N) is 2. The van der Waals surface area contributed by atoms with Crippen molar-refractivity contribution in [2.45, 2.75) is 31.8 Å². The number of morpholine rings is 1. The van der Waals surface area contributed by atoms with Crippen molar-refractivity contribution in [1.29, 1.82) is 0 Å². The highest BCUT2D eigenvalue weighted by molar-refractivity contribution is 5.79. The number of furan rings is 1. The normalized spacial score (nSPS) is 20.2. The number of benzene rings is 1. The SMILES string of the molecule is CCNC(=NCC(c1ccco1)N1CCCC1)NCC(c1ccccc1)N1CCOCC1. The van der Waals surface area contributed by atoms with Crippen LogP contribution >= 0.6 is 0 Å². The average molecular weight is 440 g/mol. The van der Waals surface area contributed by atoms with E-state index in [2.05, 4.69) is 63.8 Å². The van der Waals surface area contributed by atoms with Crippen LogP contribution in [0.4, 0.5) is 0 Å². The summed E-state index contributed by atoms with van der Waals surface area (Å²) in [6.07, 6.45) is 4.26. The fraction of sp³-hybridized carbons (Fsp3) is 0.560. The first-order valence-corrected chi connectivity index (χ1v) is 12.0. The molecule has 2 aliphatic rings. The van der Waals surface area contributed by atoms with Crippen molar-refractivity contribution in [1.82, 2.24) is 20.4 Å². The Hall–Kier alpha value is -2.35. The molecule has 0 bridgehead atoms. The molecule has 174 valence electrons. The number of rotatable bonds is 9. The second kappa shape index (κ2) is 12.0. The zero-order chi connectivity index (χ0) is 22.0. The molecule has 1 aromatic heterocycles. The smallest absolute Gasteiger partial charge is 0.191 e. The van der Waals surface area contributed by atoms with Gasteiger partial charge in [-0.15, -0.1) is 0 Å².